The molecule has 5 unspecified atom stereocenters. The number of unbranched alkanes of at least 4 members (excludes halogenated alkanes) is 27. The van der Waals surface area contributed by atoms with Gasteiger partial charge in [-0.2, -0.15) is 0 Å². The van der Waals surface area contributed by atoms with E-state index in [2.05, 4.69) is 161 Å². The maximum absolute atomic E-state index is 13.1. The highest BCUT2D eigenvalue weighted by Crippen LogP contribution is 2.45. The monoisotopic (exact) mass is 1500 g/mol. The topological polar surface area (TPSA) is 237 Å². The number of phosphoric ester groups is 2. The molecule has 0 aliphatic heterocycles. The SMILES string of the molecule is CC/C=C\C/C=C\C/C=C\C/C=C\CCCCCCCCC(=O)OCC(COP(=O)(O)OCC(O)COP(=O)(O)OCC(COC(=O)CCCCCCCC/C=C\C/C=C\C/C=C\CCCCC)OC(=O)CCCCCCC/C=C\C/C=C\CCC)OC(=O)CCCCCCC/C=C\C/C=C\CCC. The number of esters is 4. The van der Waals surface area contributed by atoms with E-state index in [9.17, 15) is 43.2 Å². The van der Waals surface area contributed by atoms with Crippen molar-refractivity contribution in [1.82, 2.24) is 0 Å². The van der Waals surface area contributed by atoms with Crippen LogP contribution in [-0.2, 0) is 65.4 Å². The van der Waals surface area contributed by atoms with E-state index in [4.69, 9.17) is 37.0 Å². The molecule has 0 heterocycles. The summed E-state index contributed by atoms with van der Waals surface area (Å²) in [5.41, 5.74) is 0. The fourth-order valence-electron chi connectivity index (χ4n) is 10.4. The van der Waals surface area contributed by atoms with Gasteiger partial charge in [0.1, 0.15) is 19.3 Å². The number of hydrogen-bond donors (Lipinski definition) is 3. The first-order chi connectivity index (χ1) is 50.7. The Morgan fingerprint density at radius 2 is 0.519 bits per heavy atom. The minimum Gasteiger partial charge on any atom is -0.462 e. The fraction of sp³-hybridized carbons (Fsp3) is 0.694. The highest BCUT2D eigenvalue weighted by atomic mass is 31.2. The van der Waals surface area contributed by atoms with E-state index in [-0.39, 0.29) is 25.7 Å². The number of aliphatic hydroxyl groups is 1. The zero-order valence-corrected chi connectivity index (χ0v) is 66.9. The molecule has 0 fully saturated rings. The number of rotatable bonds is 75. The fourth-order valence-corrected chi connectivity index (χ4v) is 12.0. The van der Waals surface area contributed by atoms with Gasteiger partial charge in [0.05, 0.1) is 26.4 Å². The van der Waals surface area contributed by atoms with Crippen molar-refractivity contribution in [3.8, 4) is 0 Å². The summed E-state index contributed by atoms with van der Waals surface area (Å²) in [5.74, 6) is -2.23. The molecule has 0 radical (unpaired) electrons. The highest BCUT2D eigenvalue weighted by molar-refractivity contribution is 7.47. The lowest BCUT2D eigenvalue weighted by Crippen LogP contribution is -2.30. The van der Waals surface area contributed by atoms with Crippen LogP contribution in [0.2, 0.25) is 0 Å². The van der Waals surface area contributed by atoms with Gasteiger partial charge in [0.25, 0.3) is 0 Å². The van der Waals surface area contributed by atoms with Crippen LogP contribution in [0.1, 0.15) is 323 Å². The molecule has 19 heteroatoms. The second-order valence-corrected chi connectivity index (χ2v) is 29.5. The molecule has 0 amide bonds. The summed E-state index contributed by atoms with van der Waals surface area (Å²) in [5, 5.41) is 10.6. The Hall–Kier alpha value is -4.80. The standard InChI is InChI=1S/C85H144O17P2/c1-5-9-13-17-21-25-29-33-35-37-39-41-43-47-49-53-57-61-65-69-82(87)95-75-80(101-84(89)71-67-63-59-55-51-45-31-27-23-19-15-11-7-3)77-99-103(91,92)97-73-79(86)74-98-104(93,94)100-78-81(102-85(90)72-68-64-60-56-52-46-32-28-24-20-16-12-8-4)76-96-83(88)70-66-62-58-54-50-48-44-42-40-38-36-34-30-26-22-18-14-10-6-2/h9,13,15-16,19-22,25-28,31-36,39-42,79-81,86H,5-8,10-12,14,17-18,23-24,29-30,37-38,43-78H2,1-4H3,(H,91,92)(H,93,94)/b13-9-,19-15-,20-16-,25-21-,26-22-,31-27-,32-28-,35-33-,36-34-,41-39-,42-40-. The molecule has 0 aromatic carbocycles. The Balaban J connectivity index is 5.36. The molecule has 0 rings (SSSR count). The van der Waals surface area contributed by atoms with Gasteiger partial charge in [-0.05, 0) is 154 Å². The summed E-state index contributed by atoms with van der Waals surface area (Å²) < 4.78 is 68.6. The van der Waals surface area contributed by atoms with Crippen LogP contribution in [-0.4, -0.2) is 96.7 Å². The van der Waals surface area contributed by atoms with Gasteiger partial charge < -0.3 is 33.8 Å². The molecule has 3 N–H and O–H groups in total. The van der Waals surface area contributed by atoms with Crippen molar-refractivity contribution in [3.05, 3.63) is 134 Å². The second kappa shape index (κ2) is 76.4. The van der Waals surface area contributed by atoms with E-state index < -0.39 is 97.5 Å². The minimum atomic E-state index is -4.99. The molecule has 596 valence electrons. The predicted molar refractivity (Wildman–Crippen MR) is 427 cm³/mol. The largest absolute Gasteiger partial charge is 0.472 e. The number of allylic oxidation sites excluding steroid dienone is 22. The van der Waals surface area contributed by atoms with Crippen LogP contribution in [0, 0.1) is 0 Å². The molecule has 0 saturated heterocycles. The number of carbonyl (C=O) groups is 4. The molecule has 0 aliphatic carbocycles. The average Bonchev–Trinajstić information content (AvgIpc) is 0.913. The van der Waals surface area contributed by atoms with Crippen LogP contribution < -0.4 is 0 Å². The molecule has 0 bridgehead atoms. The average molecular weight is 1500 g/mol. The Kier molecular flexibility index (Phi) is 72.9. The molecule has 0 aliphatic rings. The normalized spacial score (nSPS) is 14.6. The third-order valence-electron chi connectivity index (χ3n) is 16.5. The van der Waals surface area contributed by atoms with Gasteiger partial charge in [-0.1, -0.05) is 277 Å². The molecule has 0 aromatic rings. The number of hydrogen-bond acceptors (Lipinski definition) is 15. The van der Waals surface area contributed by atoms with E-state index in [1.165, 1.54) is 19.3 Å². The van der Waals surface area contributed by atoms with Crippen LogP contribution in [0.4, 0.5) is 0 Å². The Morgan fingerprint density at radius 1 is 0.279 bits per heavy atom. The molecular formula is C85H144O17P2. The minimum absolute atomic E-state index is 0.0720. The first-order valence-electron chi connectivity index (χ1n) is 40.4. The Bertz CT molecular complexity index is 2490. The zero-order chi connectivity index (χ0) is 76.0. The van der Waals surface area contributed by atoms with Crippen molar-refractivity contribution in [3.63, 3.8) is 0 Å². The van der Waals surface area contributed by atoms with E-state index in [0.29, 0.717) is 25.7 Å². The van der Waals surface area contributed by atoms with Crippen LogP contribution in [0.15, 0.2) is 134 Å². The maximum Gasteiger partial charge on any atom is 0.472 e. The lowest BCUT2D eigenvalue weighted by molar-refractivity contribution is -0.161. The van der Waals surface area contributed by atoms with Crippen molar-refractivity contribution >= 4 is 39.5 Å². The predicted octanol–water partition coefficient (Wildman–Crippen LogP) is 23.7. The van der Waals surface area contributed by atoms with E-state index in [1.54, 1.807) is 0 Å². The molecular weight excluding hydrogens is 1350 g/mol. The molecule has 0 aromatic heterocycles. The smallest absolute Gasteiger partial charge is 0.462 e. The van der Waals surface area contributed by atoms with Crippen molar-refractivity contribution in [1.29, 1.82) is 0 Å². The summed E-state index contributed by atoms with van der Waals surface area (Å²) in [7, 11) is -9.98. The van der Waals surface area contributed by atoms with Crippen LogP contribution in [0.5, 0.6) is 0 Å². The summed E-state index contributed by atoms with van der Waals surface area (Å²) in [6, 6.07) is 0. The first-order valence-corrected chi connectivity index (χ1v) is 43.4. The molecule has 0 saturated carbocycles. The van der Waals surface area contributed by atoms with Gasteiger partial charge in [0.2, 0.25) is 0 Å². The Morgan fingerprint density at radius 3 is 0.808 bits per heavy atom. The number of carbonyl (C=O) groups excluding carboxylic acids is 4. The number of ether oxygens (including phenoxy) is 4. The highest BCUT2D eigenvalue weighted by Gasteiger charge is 2.30. The van der Waals surface area contributed by atoms with Gasteiger partial charge in [-0.15, -0.1) is 0 Å². The Labute approximate surface area is 631 Å². The first kappa shape index (κ1) is 99.2. The zero-order valence-electron chi connectivity index (χ0n) is 65.2. The number of phosphoric acid groups is 2. The summed E-state index contributed by atoms with van der Waals surface area (Å²) in [4.78, 5) is 73.0. The van der Waals surface area contributed by atoms with Gasteiger partial charge >= 0.3 is 39.5 Å². The van der Waals surface area contributed by atoms with Gasteiger partial charge in [-0.25, -0.2) is 9.13 Å². The maximum atomic E-state index is 13.1. The van der Waals surface area contributed by atoms with Crippen LogP contribution in [0.3, 0.4) is 0 Å². The lowest BCUT2D eigenvalue weighted by atomic mass is 10.1. The molecule has 5 atom stereocenters. The van der Waals surface area contributed by atoms with Gasteiger partial charge in [0, 0.05) is 25.7 Å². The van der Waals surface area contributed by atoms with Crippen molar-refractivity contribution in [2.75, 3.05) is 39.6 Å². The second-order valence-electron chi connectivity index (χ2n) is 26.6. The van der Waals surface area contributed by atoms with E-state index >= 15 is 0 Å². The van der Waals surface area contributed by atoms with Gasteiger partial charge in [-0.3, -0.25) is 37.3 Å². The molecule has 17 nitrogen and oxygen atoms in total. The van der Waals surface area contributed by atoms with Crippen molar-refractivity contribution in [2.45, 2.75) is 341 Å². The van der Waals surface area contributed by atoms with E-state index in [0.717, 1.165) is 225 Å². The third-order valence-corrected chi connectivity index (χ3v) is 18.4. The summed E-state index contributed by atoms with van der Waals surface area (Å²) in [6.07, 6.45) is 85.7. The lowest BCUT2D eigenvalue weighted by Gasteiger charge is -2.21. The summed E-state index contributed by atoms with van der Waals surface area (Å²) in [6.45, 7) is 4.56. The van der Waals surface area contributed by atoms with Crippen molar-refractivity contribution in [2.24, 2.45) is 0 Å². The summed E-state index contributed by atoms with van der Waals surface area (Å²) >= 11 is 0. The van der Waals surface area contributed by atoms with Gasteiger partial charge in [0.15, 0.2) is 12.2 Å². The van der Waals surface area contributed by atoms with Crippen LogP contribution >= 0.6 is 15.6 Å². The third kappa shape index (κ3) is 75.4. The van der Waals surface area contributed by atoms with E-state index in [1.807, 2.05) is 0 Å². The quantitative estimate of drug-likeness (QED) is 0.0169. The van der Waals surface area contributed by atoms with Crippen LogP contribution in [0.25, 0.3) is 0 Å². The molecule has 0 spiro atoms. The van der Waals surface area contributed by atoms with Crippen molar-refractivity contribution < 1.29 is 80.2 Å². The molecule has 104 heavy (non-hydrogen) atoms. The number of aliphatic hydroxyl groups excluding tert-OH is 1.